The minimum absolute atomic E-state index is 0.342. The maximum absolute atomic E-state index is 14.0. The van der Waals surface area contributed by atoms with Gasteiger partial charge in [-0.05, 0) is 23.8 Å². The van der Waals surface area contributed by atoms with E-state index < -0.39 is 0 Å². The Labute approximate surface area is 126 Å². The van der Waals surface area contributed by atoms with Gasteiger partial charge in [0.25, 0.3) is 0 Å². The third kappa shape index (κ3) is 3.15. The molecule has 0 saturated carbocycles. The highest BCUT2D eigenvalue weighted by Gasteiger charge is 2.18. The van der Waals surface area contributed by atoms with Gasteiger partial charge in [-0.1, -0.05) is 44.0 Å². The van der Waals surface area contributed by atoms with Gasteiger partial charge in [0.15, 0.2) is 0 Å². The molecule has 0 spiro atoms. The summed E-state index contributed by atoms with van der Waals surface area (Å²) in [6, 6.07) is 8.96. The molecule has 0 saturated heterocycles. The fraction of sp³-hybridized carbons (Fsp3) is 0.143. The van der Waals surface area contributed by atoms with Crippen molar-refractivity contribution in [3.63, 3.8) is 0 Å². The second-order valence-electron chi connectivity index (χ2n) is 3.92. The summed E-state index contributed by atoms with van der Waals surface area (Å²) in [6.45, 7) is 0. The lowest BCUT2D eigenvalue weighted by Crippen LogP contribution is -1.98. The minimum Gasteiger partial charge on any atom is -0.497 e. The SMILES string of the molecule is COc1ccc(C(Br)c2ccc(F)cc2Br)c(F)c1. The van der Waals surface area contributed by atoms with Gasteiger partial charge >= 0.3 is 0 Å². The molecule has 1 unspecified atom stereocenters. The third-order valence-electron chi connectivity index (χ3n) is 2.72. The van der Waals surface area contributed by atoms with Crippen molar-refractivity contribution >= 4 is 31.9 Å². The van der Waals surface area contributed by atoms with Crippen LogP contribution in [0.15, 0.2) is 40.9 Å². The van der Waals surface area contributed by atoms with E-state index in [0.29, 0.717) is 15.8 Å². The molecule has 2 aromatic rings. The summed E-state index contributed by atoms with van der Waals surface area (Å²) >= 11 is 6.71. The largest absolute Gasteiger partial charge is 0.497 e. The van der Waals surface area contributed by atoms with Gasteiger partial charge in [0.05, 0.1) is 11.9 Å². The summed E-state index contributed by atoms with van der Waals surface area (Å²) in [6.07, 6.45) is 0. The van der Waals surface area contributed by atoms with Gasteiger partial charge in [-0.2, -0.15) is 0 Å². The molecule has 19 heavy (non-hydrogen) atoms. The molecule has 0 aliphatic carbocycles. The molecule has 0 radical (unpaired) electrons. The summed E-state index contributed by atoms with van der Waals surface area (Å²) in [5, 5.41) is 0. The Morgan fingerprint density at radius 3 is 2.32 bits per heavy atom. The van der Waals surface area contributed by atoms with Crippen molar-refractivity contribution in [2.45, 2.75) is 4.83 Å². The van der Waals surface area contributed by atoms with Crippen LogP contribution >= 0.6 is 31.9 Å². The van der Waals surface area contributed by atoms with E-state index in [1.165, 1.54) is 25.3 Å². The highest BCUT2D eigenvalue weighted by Crippen LogP contribution is 2.37. The van der Waals surface area contributed by atoms with Gasteiger partial charge in [0, 0.05) is 16.1 Å². The van der Waals surface area contributed by atoms with Gasteiger partial charge in [0.2, 0.25) is 0 Å². The number of ether oxygens (including phenoxy) is 1. The van der Waals surface area contributed by atoms with Crippen LogP contribution in [0.4, 0.5) is 8.78 Å². The normalized spacial score (nSPS) is 12.3. The van der Waals surface area contributed by atoms with E-state index in [0.717, 1.165) is 5.56 Å². The first-order valence-corrected chi connectivity index (χ1v) is 7.16. The molecule has 0 heterocycles. The van der Waals surface area contributed by atoms with E-state index in [-0.39, 0.29) is 16.5 Å². The average molecular weight is 392 g/mol. The van der Waals surface area contributed by atoms with Crippen LogP contribution in [0.5, 0.6) is 5.75 Å². The van der Waals surface area contributed by atoms with E-state index in [9.17, 15) is 8.78 Å². The highest BCUT2D eigenvalue weighted by atomic mass is 79.9. The molecule has 2 aromatic carbocycles. The minimum atomic E-state index is -0.377. The Balaban J connectivity index is 2.41. The summed E-state index contributed by atoms with van der Waals surface area (Å²) < 4.78 is 32.6. The second kappa shape index (κ2) is 6.01. The van der Waals surface area contributed by atoms with E-state index >= 15 is 0 Å². The molecule has 0 aromatic heterocycles. The Morgan fingerprint density at radius 1 is 1.05 bits per heavy atom. The molecule has 2 rings (SSSR count). The molecule has 0 aliphatic rings. The van der Waals surface area contributed by atoms with E-state index in [4.69, 9.17) is 4.74 Å². The predicted molar refractivity (Wildman–Crippen MR) is 77.8 cm³/mol. The molecule has 1 atom stereocenters. The summed E-state index contributed by atoms with van der Waals surface area (Å²) in [5.74, 6) is -0.262. The van der Waals surface area contributed by atoms with Crippen molar-refractivity contribution in [3.05, 3.63) is 63.6 Å². The summed E-state index contributed by atoms with van der Waals surface area (Å²) in [4.78, 5) is -0.367. The number of rotatable bonds is 3. The molecule has 1 nitrogen and oxygen atoms in total. The first kappa shape index (κ1) is 14.5. The van der Waals surface area contributed by atoms with Crippen LogP contribution < -0.4 is 4.74 Å². The molecule has 0 amide bonds. The number of benzene rings is 2. The van der Waals surface area contributed by atoms with E-state index in [1.807, 2.05) is 0 Å². The van der Waals surface area contributed by atoms with Crippen molar-refractivity contribution in [2.24, 2.45) is 0 Å². The van der Waals surface area contributed by atoms with Crippen molar-refractivity contribution in [3.8, 4) is 5.75 Å². The topological polar surface area (TPSA) is 9.23 Å². The molecule has 0 aliphatic heterocycles. The molecule has 0 bridgehead atoms. The van der Waals surface area contributed by atoms with Crippen LogP contribution in [0.1, 0.15) is 16.0 Å². The molecule has 0 fully saturated rings. The smallest absolute Gasteiger partial charge is 0.131 e. The lowest BCUT2D eigenvalue weighted by atomic mass is 10.0. The zero-order valence-corrected chi connectivity index (χ0v) is 13.1. The molecule has 0 N–H and O–H groups in total. The quantitative estimate of drug-likeness (QED) is 0.651. The third-order valence-corrected chi connectivity index (χ3v) is 4.39. The van der Waals surface area contributed by atoms with Crippen LogP contribution in [0.25, 0.3) is 0 Å². The van der Waals surface area contributed by atoms with Crippen LogP contribution in [-0.2, 0) is 0 Å². The number of halogens is 4. The first-order chi connectivity index (χ1) is 9.02. The fourth-order valence-electron chi connectivity index (χ4n) is 1.71. The highest BCUT2D eigenvalue weighted by molar-refractivity contribution is 9.11. The van der Waals surface area contributed by atoms with Crippen molar-refractivity contribution < 1.29 is 13.5 Å². The van der Waals surface area contributed by atoms with Crippen molar-refractivity contribution in [1.82, 2.24) is 0 Å². The second-order valence-corrected chi connectivity index (χ2v) is 5.69. The molecular formula is C14H10Br2F2O. The van der Waals surface area contributed by atoms with Gasteiger partial charge < -0.3 is 4.74 Å². The van der Waals surface area contributed by atoms with Crippen molar-refractivity contribution in [1.29, 1.82) is 0 Å². The fourth-order valence-corrected chi connectivity index (χ4v) is 3.37. The molecular weight excluding hydrogens is 382 g/mol. The first-order valence-electron chi connectivity index (χ1n) is 5.45. The number of methoxy groups -OCH3 is 1. The number of alkyl halides is 1. The van der Waals surface area contributed by atoms with Crippen LogP contribution in [-0.4, -0.2) is 7.11 Å². The molecule has 100 valence electrons. The summed E-state index contributed by atoms with van der Waals surface area (Å²) in [5.41, 5.74) is 1.22. The molecule has 5 heteroatoms. The monoisotopic (exact) mass is 390 g/mol. The number of hydrogen-bond acceptors (Lipinski definition) is 1. The zero-order valence-electron chi connectivity index (χ0n) is 9.96. The lowest BCUT2D eigenvalue weighted by Gasteiger charge is -2.14. The van der Waals surface area contributed by atoms with Gasteiger partial charge in [0.1, 0.15) is 17.4 Å². The maximum Gasteiger partial charge on any atom is 0.131 e. The van der Waals surface area contributed by atoms with E-state index in [1.54, 1.807) is 18.2 Å². The Morgan fingerprint density at radius 2 is 1.74 bits per heavy atom. The predicted octanol–water partition coefficient (Wildman–Crippen LogP) is 5.22. The Hall–Kier alpha value is -0.940. The number of hydrogen-bond donors (Lipinski definition) is 0. The zero-order chi connectivity index (χ0) is 14.0. The van der Waals surface area contributed by atoms with Crippen LogP contribution in [0.3, 0.4) is 0 Å². The van der Waals surface area contributed by atoms with Crippen molar-refractivity contribution in [2.75, 3.05) is 7.11 Å². The standard InChI is InChI=1S/C14H10Br2F2O/c1-19-9-3-5-11(13(18)7-9)14(16)10-4-2-8(17)6-12(10)15/h2-7,14H,1H3. The van der Waals surface area contributed by atoms with Gasteiger partial charge in [-0.3, -0.25) is 0 Å². The maximum atomic E-state index is 14.0. The Bertz CT molecular complexity index is 602. The lowest BCUT2D eigenvalue weighted by molar-refractivity contribution is 0.411. The van der Waals surface area contributed by atoms with E-state index in [2.05, 4.69) is 31.9 Å². The average Bonchev–Trinajstić information content (AvgIpc) is 2.37. The Kier molecular flexibility index (Phi) is 4.58. The summed E-state index contributed by atoms with van der Waals surface area (Å²) in [7, 11) is 1.48. The van der Waals surface area contributed by atoms with Gasteiger partial charge in [-0.15, -0.1) is 0 Å². The van der Waals surface area contributed by atoms with Crippen LogP contribution in [0.2, 0.25) is 0 Å². The van der Waals surface area contributed by atoms with Crippen LogP contribution in [0, 0.1) is 11.6 Å². The van der Waals surface area contributed by atoms with Gasteiger partial charge in [-0.25, -0.2) is 8.78 Å².